The molecule has 3 aromatic rings. The van der Waals surface area contributed by atoms with Crippen LogP contribution in [0, 0.1) is 0 Å². The standard InChI is InChI=1S/C21H21BrO2S/c1-4-5-10-24-19-13-18(23-3)16(12-17(19)22)14(2)21-11-15-8-6-7-9-20(15)25-21/h6-9,11-13H,2,4-5,10H2,1,3H3. The molecule has 0 fully saturated rings. The van der Waals surface area contributed by atoms with Crippen LogP contribution in [0.5, 0.6) is 11.5 Å². The van der Waals surface area contributed by atoms with Gasteiger partial charge >= 0.3 is 0 Å². The van der Waals surface area contributed by atoms with Gasteiger partial charge in [-0.1, -0.05) is 38.1 Å². The molecule has 0 aliphatic carbocycles. The SMILES string of the molecule is C=C(c1cc2ccccc2s1)c1cc(Br)c(OCCCC)cc1OC. The van der Waals surface area contributed by atoms with Crippen LogP contribution in [0.1, 0.15) is 30.2 Å². The molecule has 4 heteroatoms. The van der Waals surface area contributed by atoms with E-state index in [0.29, 0.717) is 6.61 Å². The Balaban J connectivity index is 1.94. The second kappa shape index (κ2) is 8.07. The Morgan fingerprint density at radius 3 is 2.68 bits per heavy atom. The first-order chi connectivity index (χ1) is 12.1. The zero-order valence-electron chi connectivity index (χ0n) is 14.5. The summed E-state index contributed by atoms with van der Waals surface area (Å²) in [5.74, 6) is 1.58. The van der Waals surface area contributed by atoms with Crippen molar-refractivity contribution in [3.63, 3.8) is 0 Å². The number of methoxy groups -OCH3 is 1. The molecule has 0 atom stereocenters. The molecule has 0 saturated heterocycles. The van der Waals surface area contributed by atoms with E-state index in [1.165, 1.54) is 10.1 Å². The Morgan fingerprint density at radius 1 is 1.16 bits per heavy atom. The van der Waals surface area contributed by atoms with Crippen molar-refractivity contribution in [3.05, 3.63) is 64.0 Å². The van der Waals surface area contributed by atoms with Crippen LogP contribution in [-0.2, 0) is 0 Å². The zero-order valence-corrected chi connectivity index (χ0v) is 16.9. The number of thiophene rings is 1. The van der Waals surface area contributed by atoms with Crippen molar-refractivity contribution in [3.8, 4) is 11.5 Å². The van der Waals surface area contributed by atoms with Crippen molar-refractivity contribution in [2.45, 2.75) is 19.8 Å². The summed E-state index contributed by atoms with van der Waals surface area (Å²) in [5, 5.41) is 1.24. The first-order valence-electron chi connectivity index (χ1n) is 8.32. The molecule has 130 valence electrons. The minimum absolute atomic E-state index is 0.703. The predicted octanol–water partition coefficient (Wildman–Crippen LogP) is 6.91. The second-order valence-corrected chi connectivity index (χ2v) is 7.75. The van der Waals surface area contributed by atoms with Gasteiger partial charge in [-0.15, -0.1) is 11.3 Å². The minimum atomic E-state index is 0.703. The lowest BCUT2D eigenvalue weighted by Crippen LogP contribution is -1.99. The smallest absolute Gasteiger partial charge is 0.137 e. The molecule has 25 heavy (non-hydrogen) atoms. The van der Waals surface area contributed by atoms with Crippen LogP contribution in [0.3, 0.4) is 0 Å². The van der Waals surface area contributed by atoms with E-state index in [0.717, 1.165) is 44.8 Å². The molecule has 0 amide bonds. The topological polar surface area (TPSA) is 18.5 Å². The third-order valence-electron chi connectivity index (χ3n) is 4.06. The molecule has 0 saturated carbocycles. The molecule has 0 unspecified atom stereocenters. The maximum Gasteiger partial charge on any atom is 0.137 e. The van der Waals surface area contributed by atoms with E-state index in [2.05, 4.69) is 59.8 Å². The number of ether oxygens (including phenoxy) is 2. The van der Waals surface area contributed by atoms with Gasteiger partial charge in [0.1, 0.15) is 11.5 Å². The molecular formula is C21H21BrO2S. The molecule has 0 spiro atoms. The second-order valence-electron chi connectivity index (χ2n) is 5.81. The molecule has 0 radical (unpaired) electrons. The Labute approximate surface area is 161 Å². The van der Waals surface area contributed by atoms with Crippen molar-refractivity contribution < 1.29 is 9.47 Å². The monoisotopic (exact) mass is 416 g/mol. The van der Waals surface area contributed by atoms with Crippen LogP contribution in [-0.4, -0.2) is 13.7 Å². The van der Waals surface area contributed by atoms with E-state index in [1.54, 1.807) is 18.4 Å². The lowest BCUT2D eigenvalue weighted by Gasteiger charge is -2.14. The van der Waals surface area contributed by atoms with Crippen molar-refractivity contribution in [2.24, 2.45) is 0 Å². The van der Waals surface area contributed by atoms with Crippen LogP contribution in [0.15, 0.2) is 53.5 Å². The molecular weight excluding hydrogens is 396 g/mol. The van der Waals surface area contributed by atoms with Crippen molar-refractivity contribution in [1.29, 1.82) is 0 Å². The van der Waals surface area contributed by atoms with Gasteiger partial charge in [-0.05, 0) is 51.5 Å². The summed E-state index contributed by atoms with van der Waals surface area (Å²) in [6, 6.07) is 14.5. The number of halogens is 1. The number of rotatable bonds is 7. The molecule has 0 N–H and O–H groups in total. The van der Waals surface area contributed by atoms with Crippen LogP contribution >= 0.6 is 27.3 Å². The van der Waals surface area contributed by atoms with Crippen LogP contribution in [0.2, 0.25) is 0 Å². The van der Waals surface area contributed by atoms with E-state index in [9.17, 15) is 0 Å². The van der Waals surface area contributed by atoms with Gasteiger partial charge in [-0.2, -0.15) is 0 Å². The lowest BCUT2D eigenvalue weighted by molar-refractivity contribution is 0.305. The first-order valence-corrected chi connectivity index (χ1v) is 9.93. The van der Waals surface area contributed by atoms with E-state index in [4.69, 9.17) is 9.47 Å². The van der Waals surface area contributed by atoms with Crippen molar-refractivity contribution >= 4 is 42.9 Å². The van der Waals surface area contributed by atoms with Gasteiger partial charge < -0.3 is 9.47 Å². The van der Waals surface area contributed by atoms with Gasteiger partial charge in [0.15, 0.2) is 0 Å². The maximum absolute atomic E-state index is 5.85. The highest BCUT2D eigenvalue weighted by atomic mass is 79.9. The summed E-state index contributed by atoms with van der Waals surface area (Å²) in [6.45, 7) is 7.17. The van der Waals surface area contributed by atoms with Crippen molar-refractivity contribution in [1.82, 2.24) is 0 Å². The highest BCUT2D eigenvalue weighted by Crippen LogP contribution is 2.40. The number of hydrogen-bond acceptors (Lipinski definition) is 3. The number of benzene rings is 2. The molecule has 2 aromatic carbocycles. The highest BCUT2D eigenvalue weighted by Gasteiger charge is 2.15. The van der Waals surface area contributed by atoms with Gasteiger partial charge in [-0.3, -0.25) is 0 Å². The largest absolute Gasteiger partial charge is 0.496 e. The molecule has 1 heterocycles. The van der Waals surface area contributed by atoms with E-state index in [1.807, 2.05) is 12.1 Å². The average Bonchev–Trinajstić information content (AvgIpc) is 3.06. The summed E-state index contributed by atoms with van der Waals surface area (Å²) < 4.78 is 13.6. The lowest BCUT2D eigenvalue weighted by atomic mass is 10.0. The summed E-state index contributed by atoms with van der Waals surface area (Å²) in [5.41, 5.74) is 1.93. The Bertz CT molecular complexity index is 865. The number of unbranched alkanes of at least 4 members (excludes halogenated alkanes) is 1. The van der Waals surface area contributed by atoms with E-state index in [-0.39, 0.29) is 0 Å². The molecule has 2 nitrogen and oxygen atoms in total. The fourth-order valence-corrected chi connectivity index (χ4v) is 4.15. The Morgan fingerprint density at radius 2 is 1.96 bits per heavy atom. The maximum atomic E-state index is 5.85. The normalized spacial score (nSPS) is 10.8. The minimum Gasteiger partial charge on any atom is -0.496 e. The fourth-order valence-electron chi connectivity index (χ4n) is 2.64. The van der Waals surface area contributed by atoms with Crippen LogP contribution < -0.4 is 9.47 Å². The van der Waals surface area contributed by atoms with Crippen molar-refractivity contribution in [2.75, 3.05) is 13.7 Å². The molecule has 0 bridgehead atoms. The molecule has 1 aromatic heterocycles. The van der Waals surface area contributed by atoms with Gasteiger partial charge in [0.2, 0.25) is 0 Å². The summed E-state index contributed by atoms with van der Waals surface area (Å²) in [7, 11) is 1.68. The zero-order chi connectivity index (χ0) is 17.8. The van der Waals surface area contributed by atoms with E-state index < -0.39 is 0 Å². The van der Waals surface area contributed by atoms with E-state index >= 15 is 0 Å². The van der Waals surface area contributed by atoms with Gasteiger partial charge in [0.05, 0.1) is 18.2 Å². The third-order valence-corrected chi connectivity index (χ3v) is 5.85. The number of fused-ring (bicyclic) bond motifs is 1. The summed E-state index contributed by atoms with van der Waals surface area (Å²) in [4.78, 5) is 1.14. The first kappa shape index (κ1) is 18.0. The summed E-state index contributed by atoms with van der Waals surface area (Å²) >= 11 is 5.36. The number of hydrogen-bond donors (Lipinski definition) is 0. The quantitative estimate of drug-likeness (QED) is 0.389. The molecule has 0 aliphatic rings. The van der Waals surface area contributed by atoms with Crippen LogP contribution in [0.25, 0.3) is 15.7 Å². The van der Waals surface area contributed by atoms with Crippen LogP contribution in [0.4, 0.5) is 0 Å². The highest BCUT2D eigenvalue weighted by molar-refractivity contribution is 9.10. The van der Waals surface area contributed by atoms with Gasteiger partial charge in [0.25, 0.3) is 0 Å². The van der Waals surface area contributed by atoms with Gasteiger partial charge in [0, 0.05) is 21.2 Å². The Kier molecular flexibility index (Phi) is 5.82. The van der Waals surface area contributed by atoms with Gasteiger partial charge in [-0.25, -0.2) is 0 Å². The molecule has 3 rings (SSSR count). The summed E-state index contributed by atoms with van der Waals surface area (Å²) in [6.07, 6.45) is 2.14. The fraction of sp³-hybridized carbons (Fsp3) is 0.238. The molecule has 0 aliphatic heterocycles. The average molecular weight is 417 g/mol. The Hall–Kier alpha value is -1.78. The predicted molar refractivity (Wildman–Crippen MR) is 111 cm³/mol. The third kappa shape index (κ3) is 3.91.